The molecule has 3 rings (SSSR count). The van der Waals surface area contributed by atoms with Crippen LogP contribution < -0.4 is 5.32 Å². The zero-order valence-electron chi connectivity index (χ0n) is 12.0. The first-order valence-corrected chi connectivity index (χ1v) is 7.80. The predicted octanol–water partition coefficient (Wildman–Crippen LogP) is 1.87. The molecule has 1 saturated heterocycles. The molecule has 106 valence electrons. The van der Waals surface area contributed by atoms with Crippen LogP contribution in [0, 0.1) is 5.92 Å². The normalized spacial score (nSPS) is 21.9. The molecule has 0 spiro atoms. The van der Waals surface area contributed by atoms with Crippen molar-refractivity contribution in [2.24, 2.45) is 5.92 Å². The standard InChI is InChI=1S/C15H26N4/c1-2-19-12-14(10-17-19)11-18-7-5-13(6-8-18)9-16-15-3-4-15/h10,12-13,15-16H,2-9,11H2,1H3. The van der Waals surface area contributed by atoms with Crippen molar-refractivity contribution in [3.63, 3.8) is 0 Å². The van der Waals surface area contributed by atoms with E-state index in [0.29, 0.717) is 0 Å². The van der Waals surface area contributed by atoms with E-state index in [-0.39, 0.29) is 0 Å². The van der Waals surface area contributed by atoms with Crippen molar-refractivity contribution in [3.05, 3.63) is 18.0 Å². The Labute approximate surface area is 116 Å². The van der Waals surface area contributed by atoms with Crippen molar-refractivity contribution in [1.82, 2.24) is 20.0 Å². The second-order valence-electron chi connectivity index (χ2n) is 6.11. The number of nitrogens with one attached hydrogen (secondary N) is 1. The van der Waals surface area contributed by atoms with E-state index in [0.717, 1.165) is 25.0 Å². The summed E-state index contributed by atoms with van der Waals surface area (Å²) in [5, 5.41) is 8.02. The summed E-state index contributed by atoms with van der Waals surface area (Å²) < 4.78 is 2.02. The van der Waals surface area contributed by atoms with Gasteiger partial charge in [0.05, 0.1) is 6.20 Å². The lowest BCUT2D eigenvalue weighted by molar-refractivity contribution is 0.175. The average Bonchev–Trinajstić information content (AvgIpc) is 3.17. The van der Waals surface area contributed by atoms with Crippen molar-refractivity contribution in [2.45, 2.75) is 51.7 Å². The van der Waals surface area contributed by atoms with Crippen molar-refractivity contribution < 1.29 is 0 Å². The summed E-state index contributed by atoms with van der Waals surface area (Å²) in [5.41, 5.74) is 1.36. The molecular formula is C15H26N4. The molecular weight excluding hydrogens is 236 g/mol. The molecule has 0 atom stereocenters. The molecule has 0 radical (unpaired) electrons. The Balaban J connectivity index is 1.39. The van der Waals surface area contributed by atoms with Gasteiger partial charge in [-0.3, -0.25) is 9.58 Å². The minimum atomic E-state index is 0.859. The van der Waals surface area contributed by atoms with Gasteiger partial charge in [0.2, 0.25) is 0 Å². The maximum atomic E-state index is 4.35. The van der Waals surface area contributed by atoms with Crippen LogP contribution in [-0.4, -0.2) is 40.4 Å². The van der Waals surface area contributed by atoms with Crippen LogP contribution >= 0.6 is 0 Å². The van der Waals surface area contributed by atoms with E-state index in [1.165, 1.54) is 50.9 Å². The zero-order chi connectivity index (χ0) is 13.1. The number of hydrogen-bond donors (Lipinski definition) is 1. The number of likely N-dealkylation sites (tertiary alicyclic amines) is 1. The predicted molar refractivity (Wildman–Crippen MR) is 76.9 cm³/mol. The maximum Gasteiger partial charge on any atom is 0.0534 e. The third kappa shape index (κ3) is 3.80. The molecule has 2 heterocycles. The number of aryl methyl sites for hydroxylation is 1. The van der Waals surface area contributed by atoms with Gasteiger partial charge in [0.15, 0.2) is 0 Å². The van der Waals surface area contributed by atoms with Gasteiger partial charge >= 0.3 is 0 Å². The molecule has 1 aliphatic carbocycles. The van der Waals surface area contributed by atoms with Crippen LogP contribution in [-0.2, 0) is 13.1 Å². The topological polar surface area (TPSA) is 33.1 Å². The van der Waals surface area contributed by atoms with Crippen LogP contribution in [0.4, 0.5) is 0 Å². The molecule has 1 aromatic rings. The van der Waals surface area contributed by atoms with E-state index in [9.17, 15) is 0 Å². The van der Waals surface area contributed by atoms with Gasteiger partial charge in [0.1, 0.15) is 0 Å². The zero-order valence-corrected chi connectivity index (χ0v) is 12.0. The Morgan fingerprint density at radius 2 is 2.05 bits per heavy atom. The monoisotopic (exact) mass is 262 g/mol. The van der Waals surface area contributed by atoms with Gasteiger partial charge in [-0.05, 0) is 58.2 Å². The van der Waals surface area contributed by atoms with Gasteiger partial charge < -0.3 is 5.32 Å². The Bertz CT molecular complexity index is 389. The van der Waals surface area contributed by atoms with Crippen molar-refractivity contribution >= 4 is 0 Å². The summed E-state index contributed by atoms with van der Waals surface area (Å²) in [7, 11) is 0. The quantitative estimate of drug-likeness (QED) is 0.849. The largest absolute Gasteiger partial charge is 0.314 e. The van der Waals surface area contributed by atoms with E-state index < -0.39 is 0 Å². The van der Waals surface area contributed by atoms with Gasteiger partial charge in [0, 0.05) is 30.9 Å². The van der Waals surface area contributed by atoms with Crippen LogP contribution in [0.3, 0.4) is 0 Å². The third-order valence-electron chi connectivity index (χ3n) is 4.40. The van der Waals surface area contributed by atoms with Gasteiger partial charge in [-0.1, -0.05) is 0 Å². The third-order valence-corrected chi connectivity index (χ3v) is 4.40. The first-order valence-electron chi connectivity index (χ1n) is 7.80. The molecule has 1 saturated carbocycles. The van der Waals surface area contributed by atoms with Crippen LogP contribution in [0.2, 0.25) is 0 Å². The Hall–Kier alpha value is -0.870. The van der Waals surface area contributed by atoms with Gasteiger partial charge in [-0.2, -0.15) is 5.10 Å². The summed E-state index contributed by atoms with van der Waals surface area (Å²) in [6.45, 7) is 7.90. The Kier molecular flexibility index (Phi) is 4.18. The lowest BCUT2D eigenvalue weighted by Crippen LogP contribution is -2.37. The van der Waals surface area contributed by atoms with Gasteiger partial charge in [-0.25, -0.2) is 0 Å². The molecule has 0 aromatic carbocycles. The minimum absolute atomic E-state index is 0.859. The molecule has 2 aliphatic rings. The fraction of sp³-hybridized carbons (Fsp3) is 0.800. The lowest BCUT2D eigenvalue weighted by atomic mass is 9.96. The highest BCUT2D eigenvalue weighted by molar-refractivity contribution is 5.03. The van der Waals surface area contributed by atoms with Gasteiger partial charge in [0.25, 0.3) is 0 Å². The van der Waals surface area contributed by atoms with Crippen molar-refractivity contribution in [2.75, 3.05) is 19.6 Å². The molecule has 0 bridgehead atoms. The Morgan fingerprint density at radius 3 is 2.68 bits per heavy atom. The summed E-state index contributed by atoms with van der Waals surface area (Å²) in [6, 6.07) is 0.859. The summed E-state index contributed by atoms with van der Waals surface area (Å²) in [5.74, 6) is 0.898. The second-order valence-corrected chi connectivity index (χ2v) is 6.11. The van der Waals surface area contributed by atoms with Crippen molar-refractivity contribution in [3.8, 4) is 0 Å². The fourth-order valence-electron chi connectivity index (χ4n) is 2.89. The van der Waals surface area contributed by atoms with E-state index in [2.05, 4.69) is 28.4 Å². The first kappa shape index (κ1) is 13.1. The summed E-state index contributed by atoms with van der Waals surface area (Å²) >= 11 is 0. The highest BCUT2D eigenvalue weighted by Crippen LogP contribution is 2.22. The van der Waals surface area contributed by atoms with Crippen LogP contribution in [0.15, 0.2) is 12.4 Å². The smallest absolute Gasteiger partial charge is 0.0534 e. The van der Waals surface area contributed by atoms with E-state index >= 15 is 0 Å². The highest BCUT2D eigenvalue weighted by Gasteiger charge is 2.24. The summed E-state index contributed by atoms with van der Waals surface area (Å²) in [4.78, 5) is 2.57. The van der Waals surface area contributed by atoms with E-state index in [4.69, 9.17) is 0 Å². The van der Waals surface area contributed by atoms with Crippen LogP contribution in [0.1, 0.15) is 38.2 Å². The number of hydrogen-bond acceptors (Lipinski definition) is 3. The molecule has 2 fully saturated rings. The average molecular weight is 262 g/mol. The molecule has 4 nitrogen and oxygen atoms in total. The molecule has 19 heavy (non-hydrogen) atoms. The highest BCUT2D eigenvalue weighted by atomic mass is 15.3. The molecule has 1 aromatic heterocycles. The lowest BCUT2D eigenvalue weighted by Gasteiger charge is -2.31. The number of aromatic nitrogens is 2. The molecule has 0 unspecified atom stereocenters. The van der Waals surface area contributed by atoms with Crippen molar-refractivity contribution in [1.29, 1.82) is 0 Å². The second kappa shape index (κ2) is 6.06. The van der Waals surface area contributed by atoms with Crippen LogP contribution in [0.25, 0.3) is 0 Å². The first-order chi connectivity index (χ1) is 9.33. The van der Waals surface area contributed by atoms with Crippen LogP contribution in [0.5, 0.6) is 0 Å². The van der Waals surface area contributed by atoms with Gasteiger partial charge in [-0.15, -0.1) is 0 Å². The SMILES string of the molecule is CCn1cc(CN2CCC(CNC3CC3)CC2)cn1. The molecule has 4 heteroatoms. The maximum absolute atomic E-state index is 4.35. The minimum Gasteiger partial charge on any atom is -0.314 e. The molecule has 1 aliphatic heterocycles. The molecule has 0 amide bonds. The Morgan fingerprint density at radius 1 is 1.26 bits per heavy atom. The number of nitrogens with zero attached hydrogens (tertiary/aromatic N) is 3. The van der Waals surface area contributed by atoms with E-state index in [1.54, 1.807) is 0 Å². The summed E-state index contributed by atoms with van der Waals surface area (Å²) in [6.07, 6.45) is 9.70. The number of piperidine rings is 1. The van der Waals surface area contributed by atoms with E-state index in [1.807, 2.05) is 10.9 Å². The number of rotatable bonds is 6. The fourth-order valence-corrected chi connectivity index (χ4v) is 2.89. The molecule has 1 N–H and O–H groups in total.